The number of carbonyl (C=O) groups excluding carboxylic acids is 1. The number of halogens is 3. The SMILES string of the molecule is COC(=O)c1nc(C2CC2)nc(N(C)c2ccc(Cl)cc2F)c1Cl. The third kappa shape index (κ3) is 3.16. The first kappa shape index (κ1) is 16.9. The molecule has 2 aromatic rings. The number of aromatic nitrogens is 2. The van der Waals surface area contributed by atoms with Gasteiger partial charge in [-0.3, -0.25) is 0 Å². The monoisotopic (exact) mass is 369 g/mol. The Morgan fingerprint density at radius 3 is 2.62 bits per heavy atom. The molecule has 0 atom stereocenters. The number of esters is 1. The fourth-order valence-electron chi connectivity index (χ4n) is 2.30. The number of benzene rings is 1. The molecule has 1 heterocycles. The lowest BCUT2D eigenvalue weighted by Crippen LogP contribution is -2.18. The average Bonchev–Trinajstić information content (AvgIpc) is 3.38. The van der Waals surface area contributed by atoms with Crippen LogP contribution in [0.2, 0.25) is 10.0 Å². The molecule has 0 radical (unpaired) electrons. The minimum Gasteiger partial charge on any atom is -0.464 e. The number of methoxy groups -OCH3 is 1. The lowest BCUT2D eigenvalue weighted by molar-refractivity contribution is 0.0593. The van der Waals surface area contributed by atoms with Crippen molar-refractivity contribution in [3.05, 3.63) is 45.6 Å². The molecule has 0 aliphatic heterocycles. The Labute approximate surface area is 148 Å². The molecule has 1 fully saturated rings. The van der Waals surface area contributed by atoms with E-state index in [2.05, 4.69) is 9.97 Å². The summed E-state index contributed by atoms with van der Waals surface area (Å²) in [6.07, 6.45) is 1.89. The van der Waals surface area contributed by atoms with E-state index in [-0.39, 0.29) is 33.2 Å². The van der Waals surface area contributed by atoms with Gasteiger partial charge in [0.05, 0.1) is 12.8 Å². The second-order valence-electron chi connectivity index (χ2n) is 5.49. The van der Waals surface area contributed by atoms with Gasteiger partial charge in [-0.25, -0.2) is 19.2 Å². The molecule has 1 aromatic heterocycles. The Morgan fingerprint density at radius 2 is 2.04 bits per heavy atom. The third-order valence-electron chi connectivity index (χ3n) is 3.76. The molecule has 3 rings (SSSR count). The molecule has 0 unspecified atom stereocenters. The van der Waals surface area contributed by atoms with E-state index in [1.54, 1.807) is 13.1 Å². The molecule has 0 saturated heterocycles. The van der Waals surface area contributed by atoms with E-state index in [4.69, 9.17) is 27.9 Å². The predicted octanol–water partition coefficient (Wildman–Crippen LogP) is 4.35. The van der Waals surface area contributed by atoms with Crippen LogP contribution in [-0.4, -0.2) is 30.1 Å². The number of nitrogens with zero attached hydrogens (tertiary/aromatic N) is 3. The van der Waals surface area contributed by atoms with Crippen LogP contribution in [0.3, 0.4) is 0 Å². The van der Waals surface area contributed by atoms with Crippen LogP contribution in [0, 0.1) is 5.82 Å². The van der Waals surface area contributed by atoms with E-state index in [1.165, 1.54) is 24.1 Å². The highest BCUT2D eigenvalue weighted by molar-refractivity contribution is 6.35. The van der Waals surface area contributed by atoms with Crippen molar-refractivity contribution < 1.29 is 13.9 Å². The summed E-state index contributed by atoms with van der Waals surface area (Å²) < 4.78 is 18.9. The third-order valence-corrected chi connectivity index (χ3v) is 4.34. The van der Waals surface area contributed by atoms with Gasteiger partial charge >= 0.3 is 5.97 Å². The molecule has 0 N–H and O–H groups in total. The molecule has 0 bridgehead atoms. The lowest BCUT2D eigenvalue weighted by Gasteiger charge is -2.21. The molecule has 0 spiro atoms. The van der Waals surface area contributed by atoms with E-state index in [1.807, 2.05) is 0 Å². The van der Waals surface area contributed by atoms with Crippen LogP contribution in [0.5, 0.6) is 0 Å². The quantitative estimate of drug-likeness (QED) is 0.749. The molecular formula is C16H14Cl2FN3O2. The van der Waals surface area contributed by atoms with E-state index in [0.717, 1.165) is 12.8 Å². The molecule has 126 valence electrons. The van der Waals surface area contributed by atoms with Crippen LogP contribution in [0.4, 0.5) is 15.9 Å². The first-order chi connectivity index (χ1) is 11.4. The highest BCUT2D eigenvalue weighted by atomic mass is 35.5. The van der Waals surface area contributed by atoms with Crippen molar-refractivity contribution in [2.75, 3.05) is 19.1 Å². The maximum atomic E-state index is 14.2. The first-order valence-corrected chi connectivity index (χ1v) is 8.02. The van der Waals surface area contributed by atoms with Crippen molar-refractivity contribution in [3.63, 3.8) is 0 Å². The van der Waals surface area contributed by atoms with Gasteiger partial charge in [0.15, 0.2) is 11.5 Å². The number of carbonyl (C=O) groups is 1. The highest BCUT2D eigenvalue weighted by Gasteiger charge is 2.31. The summed E-state index contributed by atoms with van der Waals surface area (Å²) in [6.45, 7) is 0. The van der Waals surface area contributed by atoms with Crippen LogP contribution < -0.4 is 4.90 Å². The summed E-state index contributed by atoms with van der Waals surface area (Å²) >= 11 is 12.1. The van der Waals surface area contributed by atoms with Crippen LogP contribution in [0.25, 0.3) is 0 Å². The fraction of sp³-hybridized carbons (Fsp3) is 0.312. The number of hydrogen-bond acceptors (Lipinski definition) is 5. The Kier molecular flexibility index (Phi) is 4.60. The number of hydrogen-bond donors (Lipinski definition) is 0. The van der Waals surface area contributed by atoms with Gasteiger partial charge in [-0.15, -0.1) is 0 Å². The molecule has 1 aliphatic rings. The standard InChI is InChI=1S/C16H14Cl2FN3O2/c1-22(11-6-5-9(17)7-10(11)19)15-12(18)13(16(23)24-2)20-14(21-15)8-3-4-8/h5-8H,3-4H2,1-2H3. The number of anilines is 2. The van der Waals surface area contributed by atoms with Gasteiger partial charge < -0.3 is 9.64 Å². The van der Waals surface area contributed by atoms with Gasteiger partial charge in [0.2, 0.25) is 0 Å². The molecule has 1 aromatic carbocycles. The molecule has 1 saturated carbocycles. The maximum Gasteiger partial charge on any atom is 0.358 e. The van der Waals surface area contributed by atoms with Crippen molar-refractivity contribution in [2.24, 2.45) is 0 Å². The summed E-state index contributed by atoms with van der Waals surface area (Å²) in [5.74, 6) is -0.234. The van der Waals surface area contributed by atoms with Crippen molar-refractivity contribution in [3.8, 4) is 0 Å². The van der Waals surface area contributed by atoms with Crippen molar-refractivity contribution in [1.82, 2.24) is 9.97 Å². The average molecular weight is 370 g/mol. The summed E-state index contributed by atoms with van der Waals surface area (Å²) in [5, 5.41) is 0.301. The summed E-state index contributed by atoms with van der Waals surface area (Å²) in [7, 11) is 2.86. The van der Waals surface area contributed by atoms with Crippen molar-refractivity contribution in [1.29, 1.82) is 0 Å². The van der Waals surface area contributed by atoms with Crippen LogP contribution in [-0.2, 0) is 4.74 Å². The smallest absolute Gasteiger partial charge is 0.358 e. The van der Waals surface area contributed by atoms with E-state index in [0.29, 0.717) is 5.82 Å². The summed E-state index contributed by atoms with van der Waals surface area (Å²) in [4.78, 5) is 22.1. The Hall–Kier alpha value is -1.92. The van der Waals surface area contributed by atoms with Crippen LogP contribution in [0.1, 0.15) is 35.1 Å². The Bertz CT molecular complexity index is 812. The molecule has 24 heavy (non-hydrogen) atoms. The van der Waals surface area contributed by atoms with E-state index in [9.17, 15) is 9.18 Å². The fourth-order valence-corrected chi connectivity index (χ4v) is 2.74. The lowest BCUT2D eigenvalue weighted by atomic mass is 10.2. The molecule has 5 nitrogen and oxygen atoms in total. The molecule has 0 amide bonds. The second-order valence-corrected chi connectivity index (χ2v) is 6.30. The Balaban J connectivity index is 2.11. The number of rotatable bonds is 4. The minimum atomic E-state index is -0.657. The largest absolute Gasteiger partial charge is 0.464 e. The normalized spacial score (nSPS) is 13.7. The highest BCUT2D eigenvalue weighted by Crippen LogP contribution is 2.41. The summed E-state index contributed by atoms with van der Waals surface area (Å²) in [6, 6.07) is 4.28. The minimum absolute atomic E-state index is 0.0168. The zero-order valence-electron chi connectivity index (χ0n) is 13.0. The van der Waals surface area contributed by atoms with Gasteiger partial charge in [0.1, 0.15) is 16.7 Å². The van der Waals surface area contributed by atoms with Crippen LogP contribution >= 0.6 is 23.2 Å². The molecule has 1 aliphatic carbocycles. The van der Waals surface area contributed by atoms with Gasteiger partial charge in [0.25, 0.3) is 0 Å². The zero-order chi connectivity index (χ0) is 17.4. The second kappa shape index (κ2) is 6.53. The van der Waals surface area contributed by atoms with Gasteiger partial charge in [0, 0.05) is 18.0 Å². The van der Waals surface area contributed by atoms with Crippen LogP contribution in [0.15, 0.2) is 18.2 Å². The number of ether oxygens (including phenoxy) is 1. The van der Waals surface area contributed by atoms with E-state index >= 15 is 0 Å². The van der Waals surface area contributed by atoms with E-state index < -0.39 is 11.8 Å². The molecular weight excluding hydrogens is 356 g/mol. The topological polar surface area (TPSA) is 55.3 Å². The van der Waals surface area contributed by atoms with Crippen molar-refractivity contribution in [2.45, 2.75) is 18.8 Å². The van der Waals surface area contributed by atoms with Crippen molar-refractivity contribution >= 4 is 40.7 Å². The van der Waals surface area contributed by atoms with Gasteiger partial charge in [-0.05, 0) is 31.0 Å². The van der Waals surface area contributed by atoms with Gasteiger partial charge in [-0.2, -0.15) is 0 Å². The maximum absolute atomic E-state index is 14.2. The zero-order valence-corrected chi connectivity index (χ0v) is 14.5. The van der Waals surface area contributed by atoms with Gasteiger partial charge in [-0.1, -0.05) is 23.2 Å². The molecule has 8 heteroatoms. The first-order valence-electron chi connectivity index (χ1n) is 7.27. The summed E-state index contributed by atoms with van der Waals surface area (Å²) in [5.41, 5.74) is 0.213. The predicted molar refractivity (Wildman–Crippen MR) is 89.8 cm³/mol. The Morgan fingerprint density at radius 1 is 1.33 bits per heavy atom.